The number of amides is 4. The molecule has 1 atom stereocenters. The van der Waals surface area contributed by atoms with Crippen LogP contribution in [0.3, 0.4) is 0 Å². The van der Waals surface area contributed by atoms with Gasteiger partial charge in [-0.15, -0.1) is 0 Å². The minimum atomic E-state index is -0.433. The molecule has 2 aliphatic heterocycles. The van der Waals surface area contributed by atoms with Crippen molar-refractivity contribution in [3.8, 4) is 0 Å². The maximum Gasteiger partial charge on any atom is 0.319 e. The molecule has 1 unspecified atom stereocenters. The van der Waals surface area contributed by atoms with Crippen molar-refractivity contribution in [2.75, 3.05) is 53.4 Å². The Bertz CT molecular complexity index is 723. The van der Waals surface area contributed by atoms with Crippen molar-refractivity contribution in [3.63, 3.8) is 0 Å². The van der Waals surface area contributed by atoms with Crippen LogP contribution in [0.5, 0.6) is 0 Å². The van der Waals surface area contributed by atoms with Gasteiger partial charge in [0, 0.05) is 83.2 Å². The minimum absolute atomic E-state index is 0.0849. The molecule has 0 aliphatic carbocycles. The van der Waals surface area contributed by atoms with Crippen LogP contribution in [0.4, 0.5) is 4.79 Å². The first kappa shape index (κ1) is 19.1. The van der Waals surface area contributed by atoms with Crippen LogP contribution in [-0.2, 0) is 4.79 Å². The quantitative estimate of drug-likeness (QED) is 0.767. The minimum Gasteiger partial charge on any atom is -0.342 e. The van der Waals surface area contributed by atoms with E-state index in [1.54, 1.807) is 53.3 Å². The van der Waals surface area contributed by atoms with E-state index < -0.39 is 5.41 Å². The molecular formula is C19H27N5O3. The van der Waals surface area contributed by atoms with Crippen LogP contribution >= 0.6 is 0 Å². The molecule has 3 rings (SSSR count). The number of hydrogen-bond donors (Lipinski definition) is 0. The normalized spacial score (nSPS) is 22.9. The fraction of sp³-hybridized carbons (Fsp3) is 0.579. The van der Waals surface area contributed by atoms with Gasteiger partial charge in [-0.2, -0.15) is 0 Å². The molecule has 0 aromatic carbocycles. The highest BCUT2D eigenvalue weighted by atomic mass is 16.2. The van der Waals surface area contributed by atoms with Crippen molar-refractivity contribution in [1.82, 2.24) is 24.6 Å². The predicted octanol–water partition coefficient (Wildman–Crippen LogP) is 0.760. The van der Waals surface area contributed by atoms with Crippen LogP contribution in [0.25, 0.3) is 0 Å². The van der Waals surface area contributed by atoms with Crippen molar-refractivity contribution < 1.29 is 14.4 Å². The number of pyridine rings is 1. The average Bonchev–Trinajstić information content (AvgIpc) is 2.86. The molecule has 0 N–H and O–H groups in total. The molecule has 2 aliphatic rings. The lowest BCUT2D eigenvalue weighted by molar-refractivity contribution is -0.127. The Kier molecular flexibility index (Phi) is 5.34. The lowest BCUT2D eigenvalue weighted by atomic mass is 9.85. The number of likely N-dealkylation sites (tertiary alicyclic amines) is 1. The summed E-state index contributed by atoms with van der Waals surface area (Å²) in [4.78, 5) is 49.0. The molecule has 1 aromatic rings. The van der Waals surface area contributed by atoms with Gasteiger partial charge in [-0.1, -0.05) is 0 Å². The highest BCUT2D eigenvalue weighted by Crippen LogP contribution is 2.35. The van der Waals surface area contributed by atoms with Crippen LogP contribution in [0.15, 0.2) is 24.5 Å². The van der Waals surface area contributed by atoms with Crippen LogP contribution in [0, 0.1) is 5.41 Å². The first-order valence-corrected chi connectivity index (χ1v) is 9.28. The van der Waals surface area contributed by atoms with Gasteiger partial charge in [-0.3, -0.25) is 14.6 Å². The molecule has 1 spiro atoms. The largest absolute Gasteiger partial charge is 0.342 e. The van der Waals surface area contributed by atoms with E-state index in [1.807, 2.05) is 11.8 Å². The Hall–Kier alpha value is -2.64. The second-order valence-corrected chi connectivity index (χ2v) is 7.65. The molecule has 8 heteroatoms. The first-order chi connectivity index (χ1) is 12.8. The molecule has 4 amide bonds. The van der Waals surface area contributed by atoms with E-state index >= 15 is 0 Å². The molecule has 2 fully saturated rings. The molecule has 27 heavy (non-hydrogen) atoms. The fourth-order valence-corrected chi connectivity index (χ4v) is 4.04. The summed E-state index contributed by atoms with van der Waals surface area (Å²) in [5, 5.41) is 0. The SMILES string of the molecule is CCN1CC2(CC1=O)CN(C(=O)c1ccncc1)CCN(C(=O)N(C)C)C2. The molecule has 146 valence electrons. The number of hydrogen-bond acceptors (Lipinski definition) is 4. The molecule has 0 radical (unpaired) electrons. The smallest absolute Gasteiger partial charge is 0.319 e. The number of carbonyl (C=O) groups excluding carboxylic acids is 3. The predicted molar refractivity (Wildman–Crippen MR) is 100 cm³/mol. The van der Waals surface area contributed by atoms with E-state index in [2.05, 4.69) is 4.98 Å². The number of aromatic nitrogens is 1. The van der Waals surface area contributed by atoms with E-state index in [-0.39, 0.29) is 17.8 Å². The van der Waals surface area contributed by atoms with Crippen molar-refractivity contribution in [2.45, 2.75) is 13.3 Å². The van der Waals surface area contributed by atoms with Crippen LogP contribution < -0.4 is 0 Å². The summed E-state index contributed by atoms with van der Waals surface area (Å²) in [5.74, 6) is 0.00582. The number of rotatable bonds is 2. The summed E-state index contributed by atoms with van der Waals surface area (Å²) in [6, 6.07) is 3.30. The maximum atomic E-state index is 13.0. The summed E-state index contributed by atoms with van der Waals surface area (Å²) in [5.41, 5.74) is 0.141. The Balaban J connectivity index is 1.89. The third-order valence-electron chi connectivity index (χ3n) is 5.35. The zero-order valence-corrected chi connectivity index (χ0v) is 16.2. The third-order valence-corrected chi connectivity index (χ3v) is 5.35. The molecule has 2 saturated heterocycles. The van der Waals surface area contributed by atoms with Gasteiger partial charge < -0.3 is 19.6 Å². The van der Waals surface area contributed by atoms with E-state index in [0.29, 0.717) is 51.3 Å². The molecule has 1 aromatic heterocycles. The topological polar surface area (TPSA) is 77.1 Å². The summed E-state index contributed by atoms with van der Waals surface area (Å²) < 4.78 is 0. The van der Waals surface area contributed by atoms with Gasteiger partial charge in [-0.05, 0) is 19.1 Å². The number of carbonyl (C=O) groups is 3. The molecular weight excluding hydrogens is 346 g/mol. The lowest BCUT2D eigenvalue weighted by Crippen LogP contribution is -2.47. The summed E-state index contributed by atoms with van der Waals surface area (Å²) in [6.45, 7) is 5.01. The first-order valence-electron chi connectivity index (χ1n) is 9.28. The second-order valence-electron chi connectivity index (χ2n) is 7.65. The number of urea groups is 1. The average molecular weight is 373 g/mol. The molecule has 3 heterocycles. The van der Waals surface area contributed by atoms with Gasteiger partial charge in [-0.25, -0.2) is 4.79 Å². The van der Waals surface area contributed by atoms with Crippen molar-refractivity contribution in [1.29, 1.82) is 0 Å². The van der Waals surface area contributed by atoms with E-state index in [9.17, 15) is 14.4 Å². The standard InChI is InChI=1S/C19H27N5O3/c1-4-22-12-19(11-16(22)25)13-23(17(26)15-5-7-20-8-6-15)9-10-24(14-19)18(27)21(2)3/h5-8H,4,9-14H2,1-3H3. The highest BCUT2D eigenvalue weighted by Gasteiger charge is 2.47. The summed E-state index contributed by atoms with van der Waals surface area (Å²) in [6.07, 6.45) is 3.55. The Morgan fingerprint density at radius 2 is 1.74 bits per heavy atom. The van der Waals surface area contributed by atoms with Gasteiger partial charge in [0.2, 0.25) is 5.91 Å². The van der Waals surface area contributed by atoms with E-state index in [4.69, 9.17) is 0 Å². The zero-order valence-electron chi connectivity index (χ0n) is 16.2. The fourth-order valence-electron chi connectivity index (χ4n) is 4.04. The summed E-state index contributed by atoms with van der Waals surface area (Å²) in [7, 11) is 3.44. The Labute approximate surface area is 159 Å². The third kappa shape index (κ3) is 3.89. The van der Waals surface area contributed by atoms with Crippen LogP contribution in [0.1, 0.15) is 23.7 Å². The van der Waals surface area contributed by atoms with Gasteiger partial charge in [0.15, 0.2) is 0 Å². The van der Waals surface area contributed by atoms with Gasteiger partial charge in [0.05, 0.1) is 0 Å². The molecule has 0 saturated carbocycles. The van der Waals surface area contributed by atoms with Crippen molar-refractivity contribution in [3.05, 3.63) is 30.1 Å². The Morgan fingerprint density at radius 1 is 1.11 bits per heavy atom. The van der Waals surface area contributed by atoms with Crippen LogP contribution in [-0.4, -0.2) is 95.8 Å². The highest BCUT2D eigenvalue weighted by molar-refractivity contribution is 5.94. The van der Waals surface area contributed by atoms with E-state index in [0.717, 1.165) is 0 Å². The van der Waals surface area contributed by atoms with Crippen molar-refractivity contribution >= 4 is 17.8 Å². The monoisotopic (exact) mass is 373 g/mol. The van der Waals surface area contributed by atoms with E-state index in [1.165, 1.54) is 0 Å². The van der Waals surface area contributed by atoms with Gasteiger partial charge >= 0.3 is 6.03 Å². The summed E-state index contributed by atoms with van der Waals surface area (Å²) >= 11 is 0. The molecule has 0 bridgehead atoms. The lowest BCUT2D eigenvalue weighted by Gasteiger charge is -2.34. The second kappa shape index (κ2) is 7.54. The van der Waals surface area contributed by atoms with Gasteiger partial charge in [0.25, 0.3) is 5.91 Å². The van der Waals surface area contributed by atoms with Crippen LogP contribution in [0.2, 0.25) is 0 Å². The zero-order chi connectivity index (χ0) is 19.6. The van der Waals surface area contributed by atoms with Crippen molar-refractivity contribution in [2.24, 2.45) is 5.41 Å². The number of nitrogens with zero attached hydrogens (tertiary/aromatic N) is 5. The Morgan fingerprint density at radius 3 is 2.33 bits per heavy atom. The maximum absolute atomic E-state index is 13.0. The van der Waals surface area contributed by atoms with Gasteiger partial charge in [0.1, 0.15) is 0 Å². The molecule has 8 nitrogen and oxygen atoms in total.